The maximum absolute atomic E-state index is 12.3. The molecule has 1 aliphatic heterocycles. The molecule has 2 atom stereocenters. The summed E-state index contributed by atoms with van der Waals surface area (Å²) in [7, 11) is 0. The van der Waals surface area contributed by atoms with Crippen molar-refractivity contribution >= 4 is 5.91 Å². The molecule has 0 spiro atoms. The first-order valence-electron chi connectivity index (χ1n) is 6.87. The summed E-state index contributed by atoms with van der Waals surface area (Å²) in [5.41, 5.74) is 5.47. The molecule has 2 saturated carbocycles. The van der Waals surface area contributed by atoms with E-state index in [9.17, 15) is 9.90 Å². The van der Waals surface area contributed by atoms with Gasteiger partial charge in [0, 0.05) is 6.04 Å². The Kier molecular flexibility index (Phi) is 2.67. The van der Waals surface area contributed by atoms with Gasteiger partial charge >= 0.3 is 0 Å². The predicted molar refractivity (Wildman–Crippen MR) is 64.2 cm³/mol. The van der Waals surface area contributed by atoms with Crippen molar-refractivity contribution in [3.63, 3.8) is 0 Å². The molecule has 3 aliphatic rings. The summed E-state index contributed by atoms with van der Waals surface area (Å²) in [5.74, 6) is 0.640. The highest BCUT2D eigenvalue weighted by Gasteiger charge is 2.54. The van der Waals surface area contributed by atoms with Gasteiger partial charge in [0.15, 0.2) is 0 Å². The summed E-state index contributed by atoms with van der Waals surface area (Å²) in [6.07, 6.45) is 6.42. The third-order valence-electron chi connectivity index (χ3n) is 4.71. The van der Waals surface area contributed by atoms with Crippen molar-refractivity contribution in [1.82, 2.24) is 4.90 Å². The lowest BCUT2D eigenvalue weighted by atomic mass is 9.81. The number of amides is 1. The number of likely N-dealkylation sites (tertiary alicyclic amines) is 1. The van der Waals surface area contributed by atoms with Crippen molar-refractivity contribution in [1.29, 1.82) is 0 Å². The smallest absolute Gasteiger partial charge is 0.227 e. The van der Waals surface area contributed by atoms with Gasteiger partial charge in [0.25, 0.3) is 0 Å². The van der Waals surface area contributed by atoms with Gasteiger partial charge in [-0.25, -0.2) is 0 Å². The van der Waals surface area contributed by atoms with E-state index >= 15 is 0 Å². The second kappa shape index (κ2) is 3.95. The maximum atomic E-state index is 12.3. The van der Waals surface area contributed by atoms with E-state index in [-0.39, 0.29) is 17.9 Å². The van der Waals surface area contributed by atoms with Crippen molar-refractivity contribution in [2.24, 2.45) is 17.6 Å². The molecule has 3 rings (SSSR count). The number of rotatable bonds is 2. The molecule has 1 saturated heterocycles. The number of carbonyl (C=O) groups is 1. The number of aliphatic hydroxyl groups is 1. The fraction of sp³-hybridized carbons (Fsp3) is 0.923. The Morgan fingerprint density at radius 1 is 1.18 bits per heavy atom. The Morgan fingerprint density at radius 2 is 1.82 bits per heavy atom. The number of nitrogens with zero attached hydrogens (tertiary/aromatic N) is 1. The predicted octanol–water partition coefficient (Wildman–Crippen LogP) is 0.487. The molecule has 96 valence electrons. The van der Waals surface area contributed by atoms with Gasteiger partial charge in [-0.15, -0.1) is 0 Å². The first-order valence-corrected chi connectivity index (χ1v) is 6.87. The highest BCUT2D eigenvalue weighted by Crippen LogP contribution is 2.45. The molecule has 2 aliphatic carbocycles. The third kappa shape index (κ3) is 1.97. The van der Waals surface area contributed by atoms with Crippen LogP contribution >= 0.6 is 0 Å². The molecule has 4 nitrogen and oxygen atoms in total. The average molecular weight is 238 g/mol. The van der Waals surface area contributed by atoms with Crippen LogP contribution in [-0.2, 0) is 4.79 Å². The molecule has 17 heavy (non-hydrogen) atoms. The van der Waals surface area contributed by atoms with E-state index in [1.165, 1.54) is 0 Å². The first kappa shape index (κ1) is 11.5. The lowest BCUT2D eigenvalue weighted by molar-refractivity contribution is -0.164. The van der Waals surface area contributed by atoms with E-state index < -0.39 is 5.60 Å². The fourth-order valence-electron chi connectivity index (χ4n) is 3.35. The molecule has 0 radical (unpaired) electrons. The largest absolute Gasteiger partial charge is 0.386 e. The minimum absolute atomic E-state index is 0.00695. The molecular formula is C13H22N2O2. The molecule has 0 bridgehead atoms. The van der Waals surface area contributed by atoms with Gasteiger partial charge in [-0.3, -0.25) is 4.79 Å². The SMILES string of the molecule is NC1CCCCC1C(=O)N1CC(O)(C2CC2)C1. The summed E-state index contributed by atoms with van der Waals surface area (Å²) in [4.78, 5) is 14.1. The molecule has 2 unspecified atom stereocenters. The number of hydrogen-bond donors (Lipinski definition) is 2. The minimum Gasteiger partial charge on any atom is -0.386 e. The van der Waals surface area contributed by atoms with Crippen molar-refractivity contribution in [2.45, 2.75) is 50.2 Å². The first-order chi connectivity index (χ1) is 8.10. The van der Waals surface area contributed by atoms with Gasteiger partial charge in [-0.05, 0) is 31.6 Å². The van der Waals surface area contributed by atoms with Crippen LogP contribution in [-0.4, -0.2) is 40.6 Å². The third-order valence-corrected chi connectivity index (χ3v) is 4.71. The molecule has 0 aromatic carbocycles. The molecule has 4 heteroatoms. The summed E-state index contributed by atoms with van der Waals surface area (Å²) in [6, 6.07) is 0.0332. The molecule has 0 aromatic rings. The normalized spacial score (nSPS) is 36.5. The van der Waals surface area contributed by atoms with E-state index in [1.54, 1.807) is 0 Å². The zero-order chi connectivity index (χ0) is 12.0. The highest BCUT2D eigenvalue weighted by molar-refractivity contribution is 5.80. The number of β-amino-alcohol motifs (C(OH)–C–C–N with tert-alkyl or cyclic N) is 1. The molecule has 3 fully saturated rings. The Morgan fingerprint density at radius 3 is 2.41 bits per heavy atom. The van der Waals surface area contributed by atoms with E-state index in [0.29, 0.717) is 19.0 Å². The van der Waals surface area contributed by atoms with E-state index in [1.807, 2.05) is 4.90 Å². The van der Waals surface area contributed by atoms with Crippen molar-refractivity contribution < 1.29 is 9.90 Å². The standard InChI is InChI=1S/C13H22N2O2/c14-11-4-2-1-3-10(11)12(16)15-7-13(17,8-15)9-5-6-9/h9-11,17H,1-8,14H2. The second-order valence-corrected chi connectivity index (χ2v) is 6.13. The minimum atomic E-state index is -0.561. The number of nitrogens with two attached hydrogens (primary N) is 1. The summed E-state index contributed by atoms with van der Waals surface area (Å²) < 4.78 is 0. The van der Waals surface area contributed by atoms with Crippen molar-refractivity contribution in [2.75, 3.05) is 13.1 Å². The van der Waals surface area contributed by atoms with E-state index in [2.05, 4.69) is 0 Å². The van der Waals surface area contributed by atoms with Crippen LogP contribution in [0, 0.1) is 11.8 Å². The monoisotopic (exact) mass is 238 g/mol. The van der Waals surface area contributed by atoms with Crippen LogP contribution in [0.4, 0.5) is 0 Å². The summed E-state index contributed by atoms with van der Waals surface area (Å²) in [6.45, 7) is 1.08. The van der Waals surface area contributed by atoms with Crippen molar-refractivity contribution in [3.8, 4) is 0 Å². The van der Waals surface area contributed by atoms with Gasteiger partial charge in [-0.1, -0.05) is 12.8 Å². The second-order valence-electron chi connectivity index (χ2n) is 6.13. The van der Waals surface area contributed by atoms with E-state index in [4.69, 9.17) is 5.73 Å². The molecule has 0 aromatic heterocycles. The lowest BCUT2D eigenvalue weighted by Crippen LogP contribution is -2.66. The molecule has 1 amide bonds. The number of hydrogen-bond acceptors (Lipinski definition) is 3. The quantitative estimate of drug-likeness (QED) is 0.735. The average Bonchev–Trinajstić information content (AvgIpc) is 3.08. The Bertz CT molecular complexity index is 321. The van der Waals surface area contributed by atoms with Crippen LogP contribution in [0.3, 0.4) is 0 Å². The summed E-state index contributed by atoms with van der Waals surface area (Å²) >= 11 is 0. The van der Waals surface area contributed by atoms with Gasteiger partial charge in [-0.2, -0.15) is 0 Å². The van der Waals surface area contributed by atoms with E-state index in [0.717, 1.165) is 38.5 Å². The van der Waals surface area contributed by atoms with Crippen LogP contribution in [0.2, 0.25) is 0 Å². The lowest BCUT2D eigenvalue weighted by Gasteiger charge is -2.49. The topological polar surface area (TPSA) is 66.6 Å². The zero-order valence-electron chi connectivity index (χ0n) is 10.3. The maximum Gasteiger partial charge on any atom is 0.227 e. The van der Waals surface area contributed by atoms with Crippen molar-refractivity contribution in [3.05, 3.63) is 0 Å². The van der Waals surface area contributed by atoms with Gasteiger partial charge < -0.3 is 15.7 Å². The zero-order valence-corrected chi connectivity index (χ0v) is 10.3. The van der Waals surface area contributed by atoms with Crippen LogP contribution in [0.15, 0.2) is 0 Å². The molecule has 1 heterocycles. The molecule has 3 N–H and O–H groups in total. The Hall–Kier alpha value is -0.610. The van der Waals surface area contributed by atoms with Gasteiger partial charge in [0.2, 0.25) is 5.91 Å². The van der Waals surface area contributed by atoms with Crippen LogP contribution in [0.25, 0.3) is 0 Å². The number of carbonyl (C=O) groups excluding carboxylic acids is 1. The van der Waals surface area contributed by atoms with Gasteiger partial charge in [0.05, 0.1) is 19.0 Å². The Balaban J connectivity index is 1.57. The molecular weight excluding hydrogens is 216 g/mol. The highest BCUT2D eigenvalue weighted by atomic mass is 16.3. The fourth-order valence-corrected chi connectivity index (χ4v) is 3.35. The van der Waals surface area contributed by atoms with Crippen LogP contribution in [0.1, 0.15) is 38.5 Å². The van der Waals surface area contributed by atoms with Crippen LogP contribution in [0.5, 0.6) is 0 Å². The summed E-state index contributed by atoms with van der Waals surface area (Å²) in [5, 5.41) is 10.2. The van der Waals surface area contributed by atoms with Crippen LogP contribution < -0.4 is 5.73 Å². The van der Waals surface area contributed by atoms with Gasteiger partial charge in [0.1, 0.15) is 5.60 Å². The Labute approximate surface area is 102 Å².